The summed E-state index contributed by atoms with van der Waals surface area (Å²) in [5.74, 6) is 0.281. The minimum absolute atomic E-state index is 0.281. The summed E-state index contributed by atoms with van der Waals surface area (Å²) in [6.45, 7) is 3.16. The van der Waals surface area contributed by atoms with Crippen LogP contribution in [0.1, 0.15) is 34.3 Å². The summed E-state index contributed by atoms with van der Waals surface area (Å²) in [7, 11) is 0. The van der Waals surface area contributed by atoms with E-state index in [1.807, 2.05) is 16.8 Å². The molecule has 0 atom stereocenters. The van der Waals surface area contributed by atoms with Crippen LogP contribution < -0.4 is 0 Å². The first-order valence-corrected chi connectivity index (χ1v) is 8.12. The van der Waals surface area contributed by atoms with E-state index in [4.69, 9.17) is 0 Å². The van der Waals surface area contributed by atoms with E-state index in [0.29, 0.717) is 6.42 Å². The Morgan fingerprint density at radius 1 is 1.20 bits per heavy atom. The highest BCUT2D eigenvalue weighted by Crippen LogP contribution is 2.19. The Bertz CT molecular complexity index is 576. The number of hydrogen-bond acceptors (Lipinski definition) is 3. The summed E-state index contributed by atoms with van der Waals surface area (Å²) in [5, 5.41) is 3.91. The van der Waals surface area contributed by atoms with E-state index in [2.05, 4.69) is 29.2 Å². The van der Waals surface area contributed by atoms with Crippen LogP contribution in [0.5, 0.6) is 0 Å². The molecular formula is C17H19NOS. The summed E-state index contributed by atoms with van der Waals surface area (Å²) < 4.78 is 0. The van der Waals surface area contributed by atoms with E-state index in [-0.39, 0.29) is 5.78 Å². The number of benzene rings is 1. The van der Waals surface area contributed by atoms with Crippen molar-refractivity contribution in [2.24, 2.45) is 0 Å². The van der Waals surface area contributed by atoms with Crippen LogP contribution in [0.4, 0.5) is 0 Å². The predicted molar refractivity (Wildman–Crippen MR) is 83.3 cm³/mol. The highest BCUT2D eigenvalue weighted by atomic mass is 32.1. The van der Waals surface area contributed by atoms with Crippen molar-refractivity contribution in [3.63, 3.8) is 0 Å². The van der Waals surface area contributed by atoms with Crippen LogP contribution in [0.25, 0.3) is 0 Å². The Kier molecular flexibility index (Phi) is 4.28. The highest BCUT2D eigenvalue weighted by Gasteiger charge is 2.15. The van der Waals surface area contributed by atoms with Crippen molar-refractivity contribution < 1.29 is 4.79 Å². The Labute approximate surface area is 124 Å². The maximum atomic E-state index is 11.9. The largest absolute Gasteiger partial charge is 0.299 e. The first-order chi connectivity index (χ1) is 9.83. The average Bonchev–Trinajstić information content (AvgIpc) is 3.01. The zero-order valence-corrected chi connectivity index (χ0v) is 12.4. The van der Waals surface area contributed by atoms with Gasteiger partial charge >= 0.3 is 0 Å². The van der Waals surface area contributed by atoms with Gasteiger partial charge in [-0.3, -0.25) is 9.69 Å². The van der Waals surface area contributed by atoms with Crippen LogP contribution in [-0.2, 0) is 13.0 Å². The molecule has 0 N–H and O–H groups in total. The van der Waals surface area contributed by atoms with E-state index in [1.165, 1.54) is 11.1 Å². The van der Waals surface area contributed by atoms with Gasteiger partial charge in [0, 0.05) is 30.5 Å². The minimum Gasteiger partial charge on any atom is -0.299 e. The summed E-state index contributed by atoms with van der Waals surface area (Å²) in [5.41, 5.74) is 3.81. The van der Waals surface area contributed by atoms with E-state index >= 15 is 0 Å². The standard InChI is InChI=1S/C17H19NOS/c19-17(16-8-11-20-13-16)6-3-9-18-10-7-14-4-1-2-5-15(14)12-18/h1-2,4-5,8,11,13H,3,6-7,9-10,12H2. The molecule has 2 heterocycles. The number of carbonyl (C=O) groups is 1. The molecule has 0 unspecified atom stereocenters. The van der Waals surface area contributed by atoms with Gasteiger partial charge in [0.05, 0.1) is 0 Å². The van der Waals surface area contributed by atoms with Gasteiger partial charge in [0.1, 0.15) is 0 Å². The van der Waals surface area contributed by atoms with Gasteiger partial charge in [-0.1, -0.05) is 24.3 Å². The van der Waals surface area contributed by atoms with Gasteiger partial charge in [-0.25, -0.2) is 0 Å². The van der Waals surface area contributed by atoms with Crippen LogP contribution in [0.3, 0.4) is 0 Å². The van der Waals surface area contributed by atoms with Crippen LogP contribution in [0.2, 0.25) is 0 Å². The van der Waals surface area contributed by atoms with Gasteiger partial charge in [0.15, 0.2) is 5.78 Å². The van der Waals surface area contributed by atoms with Gasteiger partial charge < -0.3 is 0 Å². The summed E-state index contributed by atoms with van der Waals surface area (Å²) in [6.07, 6.45) is 2.75. The molecular weight excluding hydrogens is 266 g/mol. The molecule has 0 bridgehead atoms. The lowest BCUT2D eigenvalue weighted by molar-refractivity contribution is 0.0974. The summed E-state index contributed by atoms with van der Waals surface area (Å²) >= 11 is 1.59. The number of fused-ring (bicyclic) bond motifs is 1. The third kappa shape index (κ3) is 3.17. The lowest BCUT2D eigenvalue weighted by Crippen LogP contribution is -2.31. The lowest BCUT2D eigenvalue weighted by Gasteiger charge is -2.28. The summed E-state index contributed by atoms with van der Waals surface area (Å²) in [4.78, 5) is 14.4. The summed E-state index contributed by atoms with van der Waals surface area (Å²) in [6, 6.07) is 10.6. The van der Waals surface area contributed by atoms with Crippen LogP contribution >= 0.6 is 11.3 Å². The molecule has 1 aliphatic rings. The van der Waals surface area contributed by atoms with Crippen LogP contribution in [-0.4, -0.2) is 23.8 Å². The number of nitrogens with zero attached hydrogens (tertiary/aromatic N) is 1. The maximum absolute atomic E-state index is 11.9. The molecule has 1 aromatic carbocycles. The fourth-order valence-corrected chi connectivity index (χ4v) is 3.44. The van der Waals surface area contributed by atoms with Gasteiger partial charge in [-0.2, -0.15) is 11.3 Å². The van der Waals surface area contributed by atoms with Crippen LogP contribution in [0.15, 0.2) is 41.1 Å². The Morgan fingerprint density at radius 3 is 2.85 bits per heavy atom. The molecule has 0 saturated carbocycles. The molecule has 0 saturated heterocycles. The third-order valence-corrected chi connectivity index (χ3v) is 4.61. The third-order valence-electron chi connectivity index (χ3n) is 3.93. The first kappa shape index (κ1) is 13.5. The molecule has 1 aliphatic heterocycles. The molecule has 20 heavy (non-hydrogen) atoms. The quantitative estimate of drug-likeness (QED) is 0.779. The molecule has 1 aromatic heterocycles. The van der Waals surface area contributed by atoms with Crippen molar-refractivity contribution in [1.82, 2.24) is 4.90 Å². The van der Waals surface area contributed by atoms with Crippen molar-refractivity contribution in [2.75, 3.05) is 13.1 Å². The van der Waals surface area contributed by atoms with E-state index in [0.717, 1.165) is 38.0 Å². The van der Waals surface area contributed by atoms with Crippen molar-refractivity contribution in [2.45, 2.75) is 25.8 Å². The predicted octanol–water partition coefficient (Wildman–Crippen LogP) is 3.77. The molecule has 2 aromatic rings. The van der Waals surface area contributed by atoms with E-state index in [1.54, 1.807) is 11.3 Å². The van der Waals surface area contributed by atoms with E-state index in [9.17, 15) is 4.79 Å². The SMILES string of the molecule is O=C(CCCN1CCc2ccccc2C1)c1ccsc1. The maximum Gasteiger partial charge on any atom is 0.163 e. The molecule has 0 amide bonds. The fraction of sp³-hybridized carbons (Fsp3) is 0.353. The number of rotatable bonds is 5. The van der Waals surface area contributed by atoms with E-state index < -0.39 is 0 Å². The Morgan fingerprint density at radius 2 is 2.05 bits per heavy atom. The average molecular weight is 285 g/mol. The highest BCUT2D eigenvalue weighted by molar-refractivity contribution is 7.08. The van der Waals surface area contributed by atoms with Crippen molar-refractivity contribution in [1.29, 1.82) is 0 Å². The molecule has 0 fully saturated rings. The van der Waals surface area contributed by atoms with Crippen molar-refractivity contribution >= 4 is 17.1 Å². The topological polar surface area (TPSA) is 20.3 Å². The number of Topliss-reactive ketones (excluding diaryl/α,β-unsaturated/α-hetero) is 1. The molecule has 0 radical (unpaired) electrons. The van der Waals surface area contributed by atoms with Crippen molar-refractivity contribution in [3.8, 4) is 0 Å². The number of ketones is 1. The Hall–Kier alpha value is -1.45. The monoisotopic (exact) mass is 285 g/mol. The normalized spacial score (nSPS) is 15.0. The number of carbonyl (C=O) groups excluding carboxylic acids is 1. The fourth-order valence-electron chi connectivity index (χ4n) is 2.78. The van der Waals surface area contributed by atoms with Gasteiger partial charge in [-0.05, 0) is 42.0 Å². The molecule has 2 nitrogen and oxygen atoms in total. The van der Waals surface area contributed by atoms with Crippen LogP contribution in [0, 0.1) is 0 Å². The first-order valence-electron chi connectivity index (χ1n) is 7.17. The second-order valence-electron chi connectivity index (χ2n) is 5.33. The minimum atomic E-state index is 0.281. The smallest absolute Gasteiger partial charge is 0.163 e. The zero-order chi connectivity index (χ0) is 13.8. The van der Waals surface area contributed by atoms with Gasteiger partial charge in [0.25, 0.3) is 0 Å². The van der Waals surface area contributed by atoms with Gasteiger partial charge in [-0.15, -0.1) is 0 Å². The second kappa shape index (κ2) is 6.33. The number of thiophene rings is 1. The molecule has 3 heteroatoms. The van der Waals surface area contributed by atoms with Gasteiger partial charge in [0.2, 0.25) is 0 Å². The Balaban J connectivity index is 1.47. The molecule has 3 rings (SSSR count). The van der Waals surface area contributed by atoms with Crippen molar-refractivity contribution in [3.05, 3.63) is 57.8 Å². The molecule has 0 aliphatic carbocycles. The zero-order valence-electron chi connectivity index (χ0n) is 11.5. The molecule has 104 valence electrons. The second-order valence-corrected chi connectivity index (χ2v) is 6.11. The molecule has 0 spiro atoms. The lowest BCUT2D eigenvalue weighted by atomic mass is 9.99. The number of hydrogen-bond donors (Lipinski definition) is 0.